The maximum Gasteiger partial charge on any atom is 0.277 e. The molecule has 0 saturated carbocycles. The normalized spacial score (nSPS) is 10.7. The van der Waals surface area contributed by atoms with Crippen molar-refractivity contribution in [3.63, 3.8) is 0 Å². The third kappa shape index (κ3) is 2.18. The minimum atomic E-state index is -0.331. The second-order valence-electron chi connectivity index (χ2n) is 4.45. The highest BCUT2D eigenvalue weighted by molar-refractivity contribution is 9.10. The molecular formula is C16H10BrNO2. The van der Waals surface area contributed by atoms with Gasteiger partial charge in [0.1, 0.15) is 0 Å². The van der Waals surface area contributed by atoms with Gasteiger partial charge in [-0.25, -0.2) is 0 Å². The average molecular weight is 328 g/mol. The molecule has 0 saturated heterocycles. The van der Waals surface area contributed by atoms with Gasteiger partial charge < -0.3 is 0 Å². The lowest BCUT2D eigenvalue weighted by Crippen LogP contribution is -1.92. The van der Waals surface area contributed by atoms with Gasteiger partial charge in [-0.15, -0.1) is 0 Å². The maximum absolute atomic E-state index is 11.3. The van der Waals surface area contributed by atoms with Crippen LogP contribution in [0.1, 0.15) is 0 Å². The van der Waals surface area contributed by atoms with Crippen LogP contribution in [0.4, 0.5) is 5.69 Å². The van der Waals surface area contributed by atoms with Crippen LogP contribution in [0.5, 0.6) is 0 Å². The molecule has 3 nitrogen and oxygen atoms in total. The Bertz CT molecular complexity index is 800. The van der Waals surface area contributed by atoms with Crippen LogP contribution in [0.2, 0.25) is 0 Å². The number of halogens is 1. The van der Waals surface area contributed by atoms with E-state index in [0.29, 0.717) is 5.39 Å². The molecule has 0 bridgehead atoms. The van der Waals surface area contributed by atoms with Gasteiger partial charge in [-0.1, -0.05) is 58.4 Å². The van der Waals surface area contributed by atoms with Gasteiger partial charge in [-0.2, -0.15) is 0 Å². The van der Waals surface area contributed by atoms with E-state index in [9.17, 15) is 10.1 Å². The Hall–Kier alpha value is -2.20. The Morgan fingerprint density at radius 3 is 2.40 bits per heavy atom. The van der Waals surface area contributed by atoms with Crippen LogP contribution in [-0.4, -0.2) is 4.92 Å². The lowest BCUT2D eigenvalue weighted by atomic mass is 9.97. The summed E-state index contributed by atoms with van der Waals surface area (Å²) in [4.78, 5) is 10.9. The first-order chi connectivity index (χ1) is 9.66. The van der Waals surface area contributed by atoms with Crippen molar-refractivity contribution in [2.75, 3.05) is 0 Å². The molecule has 0 heterocycles. The van der Waals surface area contributed by atoms with Gasteiger partial charge in [-0.05, 0) is 28.6 Å². The lowest BCUT2D eigenvalue weighted by Gasteiger charge is -2.08. The zero-order valence-corrected chi connectivity index (χ0v) is 12.0. The van der Waals surface area contributed by atoms with Crippen molar-refractivity contribution >= 4 is 32.4 Å². The summed E-state index contributed by atoms with van der Waals surface area (Å²) in [6.07, 6.45) is 0. The van der Waals surface area contributed by atoms with Gasteiger partial charge >= 0.3 is 0 Å². The highest BCUT2D eigenvalue weighted by Gasteiger charge is 2.16. The molecular weight excluding hydrogens is 318 g/mol. The second-order valence-corrected chi connectivity index (χ2v) is 5.37. The van der Waals surface area contributed by atoms with Crippen LogP contribution in [0, 0.1) is 10.1 Å². The number of hydrogen-bond donors (Lipinski definition) is 0. The van der Waals surface area contributed by atoms with Crippen molar-refractivity contribution in [3.8, 4) is 11.1 Å². The first kappa shape index (κ1) is 12.8. The summed E-state index contributed by atoms with van der Waals surface area (Å²) in [6, 6.07) is 18.7. The molecule has 3 aromatic rings. The zero-order chi connectivity index (χ0) is 14.1. The van der Waals surface area contributed by atoms with Crippen LogP contribution < -0.4 is 0 Å². The van der Waals surface area contributed by atoms with Gasteiger partial charge in [0.25, 0.3) is 5.69 Å². The molecule has 0 aliphatic rings. The van der Waals surface area contributed by atoms with Crippen LogP contribution in [0.3, 0.4) is 0 Å². The van der Waals surface area contributed by atoms with Gasteiger partial charge in [-0.3, -0.25) is 10.1 Å². The Morgan fingerprint density at radius 1 is 0.950 bits per heavy atom. The molecule has 3 aromatic carbocycles. The summed E-state index contributed by atoms with van der Waals surface area (Å²) in [5, 5.41) is 12.8. The number of hydrogen-bond acceptors (Lipinski definition) is 2. The molecule has 0 spiro atoms. The summed E-state index contributed by atoms with van der Waals surface area (Å²) in [5.74, 6) is 0. The Balaban J connectivity index is 2.44. The van der Waals surface area contributed by atoms with Gasteiger partial charge in [0.15, 0.2) is 0 Å². The van der Waals surface area contributed by atoms with E-state index in [0.717, 1.165) is 21.0 Å². The topological polar surface area (TPSA) is 43.1 Å². The summed E-state index contributed by atoms with van der Waals surface area (Å²) in [6.45, 7) is 0. The molecule has 0 N–H and O–H groups in total. The van der Waals surface area contributed by atoms with Crippen LogP contribution >= 0.6 is 15.9 Å². The zero-order valence-electron chi connectivity index (χ0n) is 10.4. The van der Waals surface area contributed by atoms with E-state index < -0.39 is 0 Å². The molecule has 0 aliphatic heterocycles. The molecule has 0 atom stereocenters. The van der Waals surface area contributed by atoms with E-state index in [-0.39, 0.29) is 10.6 Å². The van der Waals surface area contributed by atoms with Crippen molar-refractivity contribution in [2.45, 2.75) is 0 Å². The first-order valence-electron chi connectivity index (χ1n) is 6.09. The standard InChI is InChI=1S/C16H10BrNO2/c17-13-9-12-7-4-8-15(18(19)20)16(12)14(10-13)11-5-2-1-3-6-11/h1-10H. The molecule has 0 fully saturated rings. The molecule has 3 rings (SSSR count). The summed E-state index contributed by atoms with van der Waals surface area (Å²) in [7, 11) is 0. The fourth-order valence-electron chi connectivity index (χ4n) is 2.37. The third-order valence-corrected chi connectivity index (χ3v) is 3.66. The molecule has 4 heteroatoms. The molecule has 98 valence electrons. The number of nitrogens with zero attached hydrogens (tertiary/aromatic N) is 1. The highest BCUT2D eigenvalue weighted by Crippen LogP contribution is 2.37. The lowest BCUT2D eigenvalue weighted by molar-refractivity contribution is -0.383. The fourth-order valence-corrected chi connectivity index (χ4v) is 2.84. The van der Waals surface area contributed by atoms with E-state index in [2.05, 4.69) is 15.9 Å². The van der Waals surface area contributed by atoms with E-state index in [4.69, 9.17) is 0 Å². The minimum Gasteiger partial charge on any atom is -0.258 e. The smallest absolute Gasteiger partial charge is 0.258 e. The van der Waals surface area contributed by atoms with Crippen molar-refractivity contribution < 1.29 is 4.92 Å². The predicted molar refractivity (Wildman–Crippen MR) is 83.7 cm³/mol. The van der Waals surface area contributed by atoms with Gasteiger partial charge in [0.05, 0.1) is 10.3 Å². The summed E-state index contributed by atoms with van der Waals surface area (Å²) < 4.78 is 0.907. The minimum absolute atomic E-state index is 0.133. The molecule has 0 aliphatic carbocycles. The summed E-state index contributed by atoms with van der Waals surface area (Å²) in [5.41, 5.74) is 1.96. The predicted octanol–water partition coefficient (Wildman–Crippen LogP) is 5.18. The van der Waals surface area contributed by atoms with Crippen molar-refractivity contribution in [1.29, 1.82) is 0 Å². The number of nitro benzene ring substituents is 1. The maximum atomic E-state index is 11.3. The Kier molecular flexibility index (Phi) is 3.24. The molecule has 20 heavy (non-hydrogen) atoms. The first-order valence-corrected chi connectivity index (χ1v) is 6.88. The quantitative estimate of drug-likeness (QED) is 0.481. The number of benzene rings is 3. The monoisotopic (exact) mass is 327 g/mol. The Morgan fingerprint density at radius 2 is 1.70 bits per heavy atom. The van der Waals surface area contributed by atoms with E-state index >= 15 is 0 Å². The van der Waals surface area contributed by atoms with E-state index in [1.165, 1.54) is 0 Å². The Labute approximate surface area is 124 Å². The number of non-ortho nitro benzene ring substituents is 1. The molecule has 0 amide bonds. The SMILES string of the molecule is O=[N+]([O-])c1cccc2cc(Br)cc(-c3ccccc3)c12. The number of nitro groups is 1. The van der Waals surface area contributed by atoms with Crippen LogP contribution in [0.25, 0.3) is 21.9 Å². The van der Waals surface area contributed by atoms with E-state index in [1.807, 2.05) is 48.5 Å². The second kappa shape index (κ2) is 5.06. The molecule has 0 aromatic heterocycles. The van der Waals surface area contributed by atoms with Crippen molar-refractivity contribution in [3.05, 3.63) is 75.3 Å². The van der Waals surface area contributed by atoms with Crippen molar-refractivity contribution in [2.24, 2.45) is 0 Å². The van der Waals surface area contributed by atoms with Crippen molar-refractivity contribution in [1.82, 2.24) is 0 Å². The van der Waals surface area contributed by atoms with Crippen LogP contribution in [0.15, 0.2) is 65.1 Å². The number of rotatable bonds is 2. The highest BCUT2D eigenvalue weighted by atomic mass is 79.9. The van der Waals surface area contributed by atoms with Gasteiger partial charge in [0, 0.05) is 10.5 Å². The molecule has 0 unspecified atom stereocenters. The fraction of sp³-hybridized carbons (Fsp3) is 0. The van der Waals surface area contributed by atoms with E-state index in [1.54, 1.807) is 12.1 Å². The average Bonchev–Trinajstić information content (AvgIpc) is 2.46. The number of fused-ring (bicyclic) bond motifs is 1. The molecule has 0 radical (unpaired) electrons. The van der Waals surface area contributed by atoms with Crippen LogP contribution in [-0.2, 0) is 0 Å². The summed E-state index contributed by atoms with van der Waals surface area (Å²) >= 11 is 3.47. The third-order valence-electron chi connectivity index (χ3n) is 3.20. The van der Waals surface area contributed by atoms with Gasteiger partial charge in [0.2, 0.25) is 0 Å². The largest absolute Gasteiger partial charge is 0.277 e.